The number of hydrogen-bond acceptors (Lipinski definition) is 2. The second-order valence-electron chi connectivity index (χ2n) is 6.88. The summed E-state index contributed by atoms with van der Waals surface area (Å²) < 4.78 is 0. The van der Waals surface area contributed by atoms with Crippen LogP contribution in [0.25, 0.3) is 0 Å². The average molecular weight is 432 g/mol. The molecule has 4 N–H and O–H groups in total. The Hall–Kier alpha value is -1.31. The van der Waals surface area contributed by atoms with Gasteiger partial charge in [0.2, 0.25) is 0 Å². The van der Waals surface area contributed by atoms with Crippen LogP contribution in [0.2, 0.25) is 0 Å². The van der Waals surface area contributed by atoms with Gasteiger partial charge in [0.25, 0.3) is 5.91 Å². The summed E-state index contributed by atoms with van der Waals surface area (Å²) in [6.07, 6.45) is 0. The minimum atomic E-state index is -0.254. The van der Waals surface area contributed by atoms with E-state index in [2.05, 4.69) is 29.5 Å². The molecule has 130 valence electrons. The largest absolute Gasteiger partial charge is 0.370 e. The second-order valence-corrected chi connectivity index (χ2v) is 6.88. The highest BCUT2D eigenvalue weighted by Gasteiger charge is 2.15. The van der Waals surface area contributed by atoms with Crippen LogP contribution in [-0.4, -0.2) is 24.0 Å². The molecule has 0 unspecified atom stereocenters. The van der Waals surface area contributed by atoms with Crippen LogP contribution < -0.4 is 16.4 Å². The minimum absolute atomic E-state index is 0. The Morgan fingerprint density at radius 3 is 2.52 bits per heavy atom. The lowest BCUT2D eigenvalue weighted by Gasteiger charge is -2.20. The van der Waals surface area contributed by atoms with Crippen molar-refractivity contribution in [3.8, 4) is 0 Å². The number of carbonyl (C=O) groups is 1. The third-order valence-corrected chi connectivity index (χ3v) is 2.80. The summed E-state index contributed by atoms with van der Waals surface area (Å²) in [5.74, 6) is 0.862. The molecule has 0 saturated heterocycles. The maximum atomic E-state index is 12.1. The molecule has 0 aliphatic carbocycles. The first-order valence-corrected chi connectivity index (χ1v) is 7.62. The van der Waals surface area contributed by atoms with E-state index >= 15 is 0 Å². The van der Waals surface area contributed by atoms with Crippen LogP contribution in [0.5, 0.6) is 0 Å². The molecule has 0 atom stereocenters. The van der Waals surface area contributed by atoms with Gasteiger partial charge in [0, 0.05) is 17.6 Å². The van der Waals surface area contributed by atoms with Crippen LogP contribution in [0.4, 0.5) is 0 Å². The zero-order valence-electron chi connectivity index (χ0n) is 14.6. The van der Waals surface area contributed by atoms with Crippen LogP contribution >= 0.6 is 24.0 Å². The first-order valence-electron chi connectivity index (χ1n) is 7.62. The SMILES string of the molecule is CC(C)CNC(N)=NCc1cccc(C(=O)NC(C)(C)C)c1.I. The molecule has 1 aromatic rings. The van der Waals surface area contributed by atoms with Crippen LogP contribution in [0, 0.1) is 5.92 Å². The molecule has 0 aliphatic heterocycles. The van der Waals surface area contributed by atoms with E-state index in [1.807, 2.05) is 39.0 Å². The molecule has 0 spiro atoms. The Kier molecular flexibility index (Phi) is 9.19. The van der Waals surface area contributed by atoms with E-state index in [-0.39, 0.29) is 35.4 Å². The van der Waals surface area contributed by atoms with Gasteiger partial charge in [-0.15, -0.1) is 24.0 Å². The number of rotatable bonds is 5. The molecule has 0 fully saturated rings. The summed E-state index contributed by atoms with van der Waals surface area (Å²) in [7, 11) is 0. The fourth-order valence-electron chi connectivity index (χ4n) is 1.76. The fourth-order valence-corrected chi connectivity index (χ4v) is 1.76. The van der Waals surface area contributed by atoms with Gasteiger partial charge in [-0.05, 0) is 44.4 Å². The topological polar surface area (TPSA) is 79.5 Å². The van der Waals surface area contributed by atoms with Crippen molar-refractivity contribution in [2.75, 3.05) is 6.54 Å². The monoisotopic (exact) mass is 432 g/mol. The number of halogens is 1. The van der Waals surface area contributed by atoms with Crippen molar-refractivity contribution in [2.45, 2.75) is 46.7 Å². The predicted molar refractivity (Wildman–Crippen MR) is 107 cm³/mol. The Labute approximate surface area is 156 Å². The van der Waals surface area contributed by atoms with Crippen molar-refractivity contribution in [3.63, 3.8) is 0 Å². The maximum absolute atomic E-state index is 12.1. The number of benzene rings is 1. The summed E-state index contributed by atoms with van der Waals surface area (Å²) in [4.78, 5) is 16.4. The molecule has 23 heavy (non-hydrogen) atoms. The highest BCUT2D eigenvalue weighted by atomic mass is 127. The molecule has 0 bridgehead atoms. The lowest BCUT2D eigenvalue weighted by Crippen LogP contribution is -2.40. The number of nitrogens with zero attached hydrogens (tertiary/aromatic N) is 1. The molecule has 1 amide bonds. The lowest BCUT2D eigenvalue weighted by molar-refractivity contribution is 0.0919. The zero-order chi connectivity index (χ0) is 16.8. The highest BCUT2D eigenvalue weighted by molar-refractivity contribution is 14.0. The molecule has 1 rings (SSSR count). The van der Waals surface area contributed by atoms with Crippen molar-refractivity contribution in [2.24, 2.45) is 16.6 Å². The first-order chi connectivity index (χ1) is 10.2. The van der Waals surface area contributed by atoms with Crippen molar-refractivity contribution >= 4 is 35.8 Å². The van der Waals surface area contributed by atoms with Gasteiger partial charge in [-0.25, -0.2) is 4.99 Å². The number of aliphatic imine (C=N–C) groups is 1. The minimum Gasteiger partial charge on any atom is -0.370 e. The van der Waals surface area contributed by atoms with Gasteiger partial charge in [0.05, 0.1) is 6.54 Å². The second kappa shape index (κ2) is 9.75. The third-order valence-electron chi connectivity index (χ3n) is 2.80. The lowest BCUT2D eigenvalue weighted by atomic mass is 10.1. The molecule has 5 nitrogen and oxygen atoms in total. The van der Waals surface area contributed by atoms with Crippen molar-refractivity contribution < 1.29 is 4.79 Å². The summed E-state index contributed by atoms with van der Waals surface area (Å²) in [6, 6.07) is 7.45. The van der Waals surface area contributed by atoms with Gasteiger partial charge in [0.15, 0.2) is 5.96 Å². The maximum Gasteiger partial charge on any atom is 0.251 e. The normalized spacial score (nSPS) is 11.8. The predicted octanol–water partition coefficient (Wildman–Crippen LogP) is 2.89. The molecule has 1 aromatic carbocycles. The van der Waals surface area contributed by atoms with Gasteiger partial charge in [-0.2, -0.15) is 0 Å². The number of carbonyl (C=O) groups excluding carboxylic acids is 1. The van der Waals surface area contributed by atoms with E-state index in [4.69, 9.17) is 5.73 Å². The number of amides is 1. The molecule has 0 radical (unpaired) electrons. The molecule has 0 heterocycles. The van der Waals surface area contributed by atoms with Crippen LogP contribution in [0.3, 0.4) is 0 Å². The summed E-state index contributed by atoms with van der Waals surface area (Å²) in [6.45, 7) is 11.3. The van der Waals surface area contributed by atoms with Crippen LogP contribution in [0.1, 0.15) is 50.5 Å². The van der Waals surface area contributed by atoms with Gasteiger partial charge < -0.3 is 16.4 Å². The van der Waals surface area contributed by atoms with Crippen molar-refractivity contribution in [1.29, 1.82) is 0 Å². The average Bonchev–Trinajstić information content (AvgIpc) is 2.41. The molecule has 0 aliphatic rings. The quantitative estimate of drug-likeness (QED) is 0.380. The number of hydrogen-bond donors (Lipinski definition) is 3. The number of guanidine groups is 1. The molecular weight excluding hydrogens is 403 g/mol. The van der Waals surface area contributed by atoms with E-state index in [0.29, 0.717) is 24.0 Å². The molecular formula is C17H29IN4O. The molecule has 0 aromatic heterocycles. The smallest absolute Gasteiger partial charge is 0.251 e. The Balaban J connectivity index is 0.00000484. The van der Waals surface area contributed by atoms with Gasteiger partial charge in [0.1, 0.15) is 0 Å². The van der Waals surface area contributed by atoms with E-state index in [0.717, 1.165) is 12.1 Å². The van der Waals surface area contributed by atoms with Crippen molar-refractivity contribution in [1.82, 2.24) is 10.6 Å². The Bertz CT molecular complexity index is 536. The summed E-state index contributed by atoms with van der Waals surface area (Å²) >= 11 is 0. The Morgan fingerprint density at radius 2 is 1.96 bits per heavy atom. The standard InChI is InChI=1S/C17H28N4O.HI/c1-12(2)10-19-16(18)20-11-13-7-6-8-14(9-13)15(22)21-17(3,4)5;/h6-9,12H,10-11H2,1-5H3,(H,21,22)(H3,18,19,20);1H. The number of nitrogens with two attached hydrogens (primary N) is 1. The highest BCUT2D eigenvalue weighted by Crippen LogP contribution is 2.09. The van der Waals surface area contributed by atoms with E-state index in [9.17, 15) is 4.79 Å². The van der Waals surface area contributed by atoms with E-state index in [1.165, 1.54) is 0 Å². The summed E-state index contributed by atoms with van der Waals surface area (Å²) in [5, 5.41) is 6.02. The Morgan fingerprint density at radius 1 is 1.30 bits per heavy atom. The van der Waals surface area contributed by atoms with E-state index < -0.39 is 0 Å². The molecule has 0 saturated carbocycles. The van der Waals surface area contributed by atoms with Crippen LogP contribution in [0.15, 0.2) is 29.3 Å². The number of nitrogens with one attached hydrogen (secondary N) is 2. The third kappa shape index (κ3) is 9.43. The fraction of sp³-hybridized carbons (Fsp3) is 0.529. The van der Waals surface area contributed by atoms with Crippen molar-refractivity contribution in [3.05, 3.63) is 35.4 Å². The van der Waals surface area contributed by atoms with E-state index in [1.54, 1.807) is 6.07 Å². The summed E-state index contributed by atoms with van der Waals surface area (Å²) in [5.41, 5.74) is 7.15. The van der Waals surface area contributed by atoms with Gasteiger partial charge in [-0.1, -0.05) is 26.0 Å². The first kappa shape index (κ1) is 21.7. The van der Waals surface area contributed by atoms with Gasteiger partial charge >= 0.3 is 0 Å². The van der Waals surface area contributed by atoms with Gasteiger partial charge in [-0.3, -0.25) is 4.79 Å². The van der Waals surface area contributed by atoms with Crippen LogP contribution in [-0.2, 0) is 6.54 Å². The zero-order valence-corrected chi connectivity index (χ0v) is 17.0. The molecule has 6 heteroatoms.